The third-order valence-corrected chi connectivity index (χ3v) is 4.30. The van der Waals surface area contributed by atoms with Crippen molar-refractivity contribution in [2.45, 2.75) is 0 Å². The molecular formula is C19H13FN6O4. The Balaban J connectivity index is 1.39. The van der Waals surface area contributed by atoms with Gasteiger partial charge in [0.15, 0.2) is 23.8 Å². The molecule has 0 aliphatic carbocycles. The van der Waals surface area contributed by atoms with Crippen LogP contribution in [0, 0.1) is 5.82 Å². The van der Waals surface area contributed by atoms with Crippen LogP contribution in [-0.4, -0.2) is 27.5 Å². The van der Waals surface area contributed by atoms with Gasteiger partial charge in [0, 0.05) is 17.4 Å². The number of H-pyrrole nitrogens is 1. The van der Waals surface area contributed by atoms with E-state index in [0.29, 0.717) is 33.9 Å². The number of oxazole rings is 1. The van der Waals surface area contributed by atoms with Crippen molar-refractivity contribution in [1.29, 1.82) is 0 Å². The number of amides is 1. The number of aromatic amines is 1. The standard InChI is InChI=1S/C19H13FN6O4/c20-11-7-21-18(23-10-1-3-12-15(6-10)29-8-16(27)24-12)26-17(11)22-9-2-4-14-13(5-9)25-19(28)30-14/h1-7H,8H2,(H,24,27)(H,25,28)(H2,21,22,23,26). The molecule has 0 unspecified atom stereocenters. The van der Waals surface area contributed by atoms with Crippen LogP contribution in [0.2, 0.25) is 0 Å². The molecule has 0 saturated carbocycles. The highest BCUT2D eigenvalue weighted by molar-refractivity contribution is 5.95. The Morgan fingerprint density at radius 1 is 1.07 bits per heavy atom. The highest BCUT2D eigenvalue weighted by atomic mass is 19.1. The van der Waals surface area contributed by atoms with Crippen molar-refractivity contribution in [1.82, 2.24) is 15.0 Å². The summed E-state index contributed by atoms with van der Waals surface area (Å²) in [6.45, 7) is -0.0656. The molecule has 4 N–H and O–H groups in total. The Morgan fingerprint density at radius 2 is 1.90 bits per heavy atom. The summed E-state index contributed by atoms with van der Waals surface area (Å²) in [6.07, 6.45) is 1.03. The number of aromatic nitrogens is 3. The fraction of sp³-hybridized carbons (Fsp3) is 0.0526. The van der Waals surface area contributed by atoms with Crippen molar-refractivity contribution in [2.75, 3.05) is 22.6 Å². The van der Waals surface area contributed by atoms with Gasteiger partial charge in [0.1, 0.15) is 5.75 Å². The van der Waals surface area contributed by atoms with Crippen LogP contribution in [0.3, 0.4) is 0 Å². The van der Waals surface area contributed by atoms with Gasteiger partial charge in [-0.05, 0) is 30.3 Å². The van der Waals surface area contributed by atoms with Gasteiger partial charge in [0.25, 0.3) is 5.91 Å². The molecule has 150 valence electrons. The number of carbonyl (C=O) groups excluding carboxylic acids is 1. The molecule has 0 spiro atoms. The van der Waals surface area contributed by atoms with Crippen LogP contribution >= 0.6 is 0 Å². The molecule has 0 saturated heterocycles. The molecule has 30 heavy (non-hydrogen) atoms. The lowest BCUT2D eigenvalue weighted by Crippen LogP contribution is -2.25. The molecule has 1 aliphatic rings. The molecule has 0 bridgehead atoms. The highest BCUT2D eigenvalue weighted by Gasteiger charge is 2.16. The van der Waals surface area contributed by atoms with E-state index in [9.17, 15) is 14.0 Å². The Morgan fingerprint density at radius 3 is 2.80 bits per heavy atom. The zero-order valence-corrected chi connectivity index (χ0v) is 15.2. The lowest BCUT2D eigenvalue weighted by molar-refractivity contribution is -0.118. The first-order valence-electron chi connectivity index (χ1n) is 8.80. The third-order valence-electron chi connectivity index (χ3n) is 4.30. The summed E-state index contributed by atoms with van der Waals surface area (Å²) >= 11 is 0. The van der Waals surface area contributed by atoms with E-state index < -0.39 is 11.6 Å². The van der Waals surface area contributed by atoms with Crippen LogP contribution < -0.4 is 26.4 Å². The van der Waals surface area contributed by atoms with E-state index in [4.69, 9.17) is 9.15 Å². The van der Waals surface area contributed by atoms with E-state index in [2.05, 4.69) is 30.9 Å². The fourth-order valence-corrected chi connectivity index (χ4v) is 2.96. The predicted molar refractivity (Wildman–Crippen MR) is 106 cm³/mol. The summed E-state index contributed by atoms with van der Waals surface area (Å²) < 4.78 is 24.5. The van der Waals surface area contributed by atoms with E-state index >= 15 is 0 Å². The Kier molecular flexibility index (Phi) is 4.05. The van der Waals surface area contributed by atoms with Gasteiger partial charge in [-0.15, -0.1) is 0 Å². The molecule has 3 heterocycles. The van der Waals surface area contributed by atoms with Gasteiger partial charge >= 0.3 is 5.76 Å². The average Bonchev–Trinajstić information content (AvgIpc) is 3.10. The molecule has 0 fully saturated rings. The van der Waals surface area contributed by atoms with Crippen LogP contribution in [-0.2, 0) is 4.79 Å². The minimum atomic E-state index is -0.655. The number of hydrogen-bond acceptors (Lipinski definition) is 8. The topological polar surface area (TPSA) is 134 Å². The van der Waals surface area contributed by atoms with E-state index in [1.165, 1.54) is 0 Å². The summed E-state index contributed by atoms with van der Waals surface area (Å²) in [5.74, 6) is -0.857. The monoisotopic (exact) mass is 408 g/mol. The highest BCUT2D eigenvalue weighted by Crippen LogP contribution is 2.31. The number of rotatable bonds is 4. The number of ether oxygens (including phenoxy) is 1. The second kappa shape index (κ2) is 6.88. The van der Waals surface area contributed by atoms with Gasteiger partial charge in [0.2, 0.25) is 5.95 Å². The number of nitrogens with one attached hydrogen (secondary N) is 4. The minimum Gasteiger partial charge on any atom is -0.482 e. The summed E-state index contributed by atoms with van der Waals surface area (Å²) in [5, 5.41) is 8.52. The predicted octanol–water partition coefficient (Wildman–Crippen LogP) is 2.87. The van der Waals surface area contributed by atoms with Crippen molar-refractivity contribution in [3.63, 3.8) is 0 Å². The Bertz CT molecular complexity index is 1350. The van der Waals surface area contributed by atoms with Crippen LogP contribution in [0.15, 0.2) is 51.8 Å². The molecule has 2 aromatic carbocycles. The van der Waals surface area contributed by atoms with Crippen LogP contribution in [0.1, 0.15) is 0 Å². The van der Waals surface area contributed by atoms with Gasteiger partial charge in [-0.25, -0.2) is 14.2 Å². The van der Waals surface area contributed by atoms with Crippen molar-refractivity contribution in [2.24, 2.45) is 0 Å². The number of benzene rings is 2. The van der Waals surface area contributed by atoms with Crippen molar-refractivity contribution < 1.29 is 18.3 Å². The zero-order valence-electron chi connectivity index (χ0n) is 15.2. The van der Waals surface area contributed by atoms with E-state index in [1.54, 1.807) is 36.4 Å². The number of fused-ring (bicyclic) bond motifs is 2. The minimum absolute atomic E-state index is 0.0563. The van der Waals surface area contributed by atoms with Gasteiger partial charge < -0.3 is 25.1 Å². The normalized spacial score (nSPS) is 12.8. The maximum absolute atomic E-state index is 14.2. The van der Waals surface area contributed by atoms with Crippen molar-refractivity contribution in [3.05, 3.63) is 59.0 Å². The quantitative estimate of drug-likeness (QED) is 0.405. The van der Waals surface area contributed by atoms with Crippen LogP contribution in [0.25, 0.3) is 11.1 Å². The summed E-state index contributed by atoms with van der Waals surface area (Å²) in [4.78, 5) is 33.3. The second-order valence-corrected chi connectivity index (χ2v) is 6.41. The lowest BCUT2D eigenvalue weighted by Gasteiger charge is -2.18. The van der Waals surface area contributed by atoms with Crippen LogP contribution in [0.5, 0.6) is 5.75 Å². The lowest BCUT2D eigenvalue weighted by atomic mass is 10.2. The zero-order chi connectivity index (χ0) is 20.7. The van der Waals surface area contributed by atoms with Gasteiger partial charge in [-0.1, -0.05) is 0 Å². The maximum Gasteiger partial charge on any atom is 0.417 e. The van der Waals surface area contributed by atoms with Crippen molar-refractivity contribution >= 4 is 45.8 Å². The SMILES string of the molecule is O=C1COc2cc(Nc3ncc(F)c(Nc4ccc5oc(=O)[nH]c5c4)n3)ccc2N1. The molecular weight excluding hydrogens is 395 g/mol. The molecule has 10 nitrogen and oxygen atoms in total. The number of carbonyl (C=O) groups is 1. The first-order valence-corrected chi connectivity index (χ1v) is 8.80. The molecule has 5 rings (SSSR count). The largest absolute Gasteiger partial charge is 0.482 e. The molecule has 11 heteroatoms. The first kappa shape index (κ1) is 17.7. The second-order valence-electron chi connectivity index (χ2n) is 6.41. The Hall–Kier alpha value is -4.41. The average molecular weight is 408 g/mol. The molecule has 0 radical (unpaired) electrons. The van der Waals surface area contributed by atoms with E-state index in [1.807, 2.05) is 0 Å². The fourth-order valence-electron chi connectivity index (χ4n) is 2.96. The molecule has 1 aliphatic heterocycles. The smallest absolute Gasteiger partial charge is 0.417 e. The molecule has 0 atom stereocenters. The summed E-state index contributed by atoms with van der Waals surface area (Å²) in [7, 11) is 0. The summed E-state index contributed by atoms with van der Waals surface area (Å²) in [6, 6.07) is 9.87. The van der Waals surface area contributed by atoms with Gasteiger partial charge in [-0.2, -0.15) is 4.98 Å². The number of anilines is 5. The van der Waals surface area contributed by atoms with Crippen LogP contribution in [0.4, 0.5) is 33.2 Å². The van der Waals surface area contributed by atoms with E-state index in [0.717, 1.165) is 6.20 Å². The number of hydrogen-bond donors (Lipinski definition) is 4. The van der Waals surface area contributed by atoms with Gasteiger partial charge in [0.05, 0.1) is 17.4 Å². The summed E-state index contributed by atoms with van der Waals surface area (Å²) in [5.41, 5.74) is 2.52. The van der Waals surface area contributed by atoms with Crippen molar-refractivity contribution in [3.8, 4) is 5.75 Å². The Labute approximate surface area is 167 Å². The molecule has 1 amide bonds. The molecule has 2 aromatic heterocycles. The maximum atomic E-state index is 14.2. The number of nitrogens with zero attached hydrogens (tertiary/aromatic N) is 2. The number of halogens is 1. The van der Waals surface area contributed by atoms with E-state index in [-0.39, 0.29) is 24.3 Å². The molecule has 4 aromatic rings. The third kappa shape index (κ3) is 3.39. The van der Waals surface area contributed by atoms with Gasteiger partial charge in [-0.3, -0.25) is 9.78 Å². The first-order chi connectivity index (χ1) is 14.5.